The zero-order chi connectivity index (χ0) is 14.3. The first kappa shape index (κ1) is 15.1. The van der Waals surface area contributed by atoms with Gasteiger partial charge in [0.1, 0.15) is 0 Å². The van der Waals surface area contributed by atoms with Crippen molar-refractivity contribution in [3.05, 3.63) is 35.9 Å². The van der Waals surface area contributed by atoms with Crippen molar-refractivity contribution in [2.75, 3.05) is 0 Å². The highest BCUT2D eigenvalue weighted by molar-refractivity contribution is 7.80. The SMILES string of the molecule is CC(C)CC(=O)NC(=S)NNC(=O)c1ccccc1. The maximum Gasteiger partial charge on any atom is 0.269 e. The van der Waals surface area contributed by atoms with Gasteiger partial charge in [0, 0.05) is 12.0 Å². The number of thiocarbonyl (C=S) groups is 1. The summed E-state index contributed by atoms with van der Waals surface area (Å²) in [4.78, 5) is 23.1. The van der Waals surface area contributed by atoms with Crippen LogP contribution in [0.25, 0.3) is 0 Å². The Morgan fingerprint density at radius 3 is 2.37 bits per heavy atom. The van der Waals surface area contributed by atoms with Gasteiger partial charge in [0.2, 0.25) is 5.91 Å². The van der Waals surface area contributed by atoms with E-state index < -0.39 is 0 Å². The summed E-state index contributed by atoms with van der Waals surface area (Å²) >= 11 is 4.89. The number of benzene rings is 1. The van der Waals surface area contributed by atoms with Crippen molar-refractivity contribution >= 4 is 29.1 Å². The lowest BCUT2D eigenvalue weighted by Gasteiger charge is -2.11. The summed E-state index contributed by atoms with van der Waals surface area (Å²) in [5.74, 6) is -0.246. The summed E-state index contributed by atoms with van der Waals surface area (Å²) in [6.07, 6.45) is 0.383. The average Bonchev–Trinajstić information content (AvgIpc) is 2.36. The number of amides is 2. The van der Waals surface area contributed by atoms with Gasteiger partial charge < -0.3 is 5.32 Å². The van der Waals surface area contributed by atoms with E-state index in [-0.39, 0.29) is 22.8 Å². The van der Waals surface area contributed by atoms with E-state index in [4.69, 9.17) is 12.2 Å². The van der Waals surface area contributed by atoms with Crippen LogP contribution < -0.4 is 16.2 Å². The van der Waals surface area contributed by atoms with Crippen LogP contribution in [0, 0.1) is 5.92 Å². The monoisotopic (exact) mass is 279 g/mol. The Morgan fingerprint density at radius 2 is 1.79 bits per heavy atom. The van der Waals surface area contributed by atoms with Crippen molar-refractivity contribution in [2.24, 2.45) is 5.92 Å². The minimum absolute atomic E-state index is 0.0786. The molecule has 1 aromatic carbocycles. The van der Waals surface area contributed by atoms with Crippen molar-refractivity contribution in [1.29, 1.82) is 0 Å². The fraction of sp³-hybridized carbons (Fsp3) is 0.308. The Kier molecular flexibility index (Phi) is 5.95. The van der Waals surface area contributed by atoms with Crippen molar-refractivity contribution in [1.82, 2.24) is 16.2 Å². The smallest absolute Gasteiger partial charge is 0.269 e. The second-order valence-corrected chi connectivity index (χ2v) is 4.83. The van der Waals surface area contributed by atoms with Crippen LogP contribution in [0.15, 0.2) is 30.3 Å². The molecule has 0 fully saturated rings. The third kappa shape index (κ3) is 5.96. The largest absolute Gasteiger partial charge is 0.302 e. The van der Waals surface area contributed by atoms with E-state index in [1.165, 1.54) is 0 Å². The van der Waals surface area contributed by atoms with Gasteiger partial charge in [0.25, 0.3) is 5.91 Å². The number of hydrogen-bond acceptors (Lipinski definition) is 3. The molecular formula is C13H17N3O2S. The van der Waals surface area contributed by atoms with E-state index in [0.717, 1.165) is 0 Å². The minimum Gasteiger partial charge on any atom is -0.302 e. The van der Waals surface area contributed by atoms with Crippen LogP contribution >= 0.6 is 12.2 Å². The van der Waals surface area contributed by atoms with Gasteiger partial charge in [-0.25, -0.2) is 0 Å². The van der Waals surface area contributed by atoms with Crippen LogP contribution in [0.4, 0.5) is 0 Å². The van der Waals surface area contributed by atoms with E-state index in [2.05, 4.69) is 16.2 Å². The Hall–Kier alpha value is -1.95. The van der Waals surface area contributed by atoms with Gasteiger partial charge in [-0.05, 0) is 30.3 Å². The molecule has 0 aliphatic heterocycles. The summed E-state index contributed by atoms with van der Waals surface area (Å²) in [6.45, 7) is 3.88. The Morgan fingerprint density at radius 1 is 1.16 bits per heavy atom. The molecule has 0 heterocycles. The molecule has 0 aliphatic carbocycles. The number of rotatable bonds is 3. The fourth-order valence-electron chi connectivity index (χ4n) is 1.35. The summed E-state index contributed by atoms with van der Waals surface area (Å²) in [7, 11) is 0. The molecule has 5 nitrogen and oxygen atoms in total. The van der Waals surface area contributed by atoms with Crippen LogP contribution in [0.2, 0.25) is 0 Å². The maximum atomic E-state index is 11.7. The van der Waals surface area contributed by atoms with Crippen LogP contribution in [0.1, 0.15) is 30.6 Å². The zero-order valence-corrected chi connectivity index (χ0v) is 11.7. The quantitative estimate of drug-likeness (QED) is 0.577. The first-order chi connectivity index (χ1) is 8.99. The van der Waals surface area contributed by atoms with Crippen molar-refractivity contribution < 1.29 is 9.59 Å². The van der Waals surface area contributed by atoms with Gasteiger partial charge in [-0.15, -0.1) is 0 Å². The summed E-state index contributed by atoms with van der Waals surface area (Å²) in [5.41, 5.74) is 5.40. The van der Waals surface area contributed by atoms with Crippen molar-refractivity contribution in [3.8, 4) is 0 Å². The highest BCUT2D eigenvalue weighted by Crippen LogP contribution is 1.98. The lowest BCUT2D eigenvalue weighted by molar-refractivity contribution is -0.120. The second kappa shape index (κ2) is 7.48. The first-order valence-corrected chi connectivity index (χ1v) is 6.35. The third-order valence-corrected chi connectivity index (χ3v) is 2.38. The van der Waals surface area contributed by atoms with Crippen molar-refractivity contribution in [2.45, 2.75) is 20.3 Å². The zero-order valence-electron chi connectivity index (χ0n) is 10.9. The Balaban J connectivity index is 2.35. The molecule has 0 spiro atoms. The molecular weight excluding hydrogens is 262 g/mol. The van der Waals surface area contributed by atoms with Gasteiger partial charge >= 0.3 is 0 Å². The fourth-order valence-corrected chi connectivity index (χ4v) is 1.52. The van der Waals surface area contributed by atoms with E-state index >= 15 is 0 Å². The molecule has 19 heavy (non-hydrogen) atoms. The molecule has 3 N–H and O–H groups in total. The summed E-state index contributed by atoms with van der Waals surface area (Å²) in [6, 6.07) is 8.70. The highest BCUT2D eigenvalue weighted by atomic mass is 32.1. The lowest BCUT2D eigenvalue weighted by Crippen LogP contribution is -2.48. The number of carbonyl (C=O) groups excluding carboxylic acids is 2. The van der Waals surface area contributed by atoms with Gasteiger partial charge in [0.05, 0.1) is 0 Å². The molecule has 0 bridgehead atoms. The minimum atomic E-state index is -0.318. The number of hydrazine groups is 1. The maximum absolute atomic E-state index is 11.7. The third-order valence-electron chi connectivity index (χ3n) is 2.17. The molecule has 0 saturated carbocycles. The van der Waals surface area contributed by atoms with Crippen LogP contribution in [0.3, 0.4) is 0 Å². The summed E-state index contributed by atoms with van der Waals surface area (Å²) in [5, 5.41) is 2.56. The Labute approximate surface area is 117 Å². The standard InChI is InChI=1S/C13H17N3O2S/c1-9(2)8-11(17)14-13(19)16-15-12(18)10-6-4-3-5-7-10/h3-7,9H,8H2,1-2H3,(H,15,18)(H2,14,16,17,19). The molecule has 102 valence electrons. The van der Waals surface area contributed by atoms with Crippen LogP contribution in [0.5, 0.6) is 0 Å². The molecule has 0 atom stereocenters. The molecule has 2 amide bonds. The van der Waals surface area contributed by atoms with E-state index in [1.54, 1.807) is 24.3 Å². The van der Waals surface area contributed by atoms with Crippen LogP contribution in [-0.4, -0.2) is 16.9 Å². The number of nitrogens with one attached hydrogen (secondary N) is 3. The number of carbonyl (C=O) groups is 2. The molecule has 0 unspecified atom stereocenters. The van der Waals surface area contributed by atoms with E-state index in [9.17, 15) is 9.59 Å². The Bertz CT molecular complexity index is 460. The molecule has 1 rings (SSSR count). The molecule has 6 heteroatoms. The predicted octanol–water partition coefficient (Wildman–Crippen LogP) is 1.37. The van der Waals surface area contributed by atoms with Gasteiger partial charge in [-0.2, -0.15) is 0 Å². The predicted molar refractivity (Wildman–Crippen MR) is 77.2 cm³/mol. The average molecular weight is 279 g/mol. The van der Waals surface area contributed by atoms with Gasteiger partial charge in [-0.1, -0.05) is 32.0 Å². The van der Waals surface area contributed by atoms with E-state index in [1.807, 2.05) is 19.9 Å². The second-order valence-electron chi connectivity index (χ2n) is 4.42. The molecule has 0 aliphatic rings. The molecule has 0 aromatic heterocycles. The van der Waals surface area contributed by atoms with Gasteiger partial charge in [-0.3, -0.25) is 20.4 Å². The van der Waals surface area contributed by atoms with E-state index in [0.29, 0.717) is 12.0 Å². The normalized spacial score (nSPS) is 9.84. The van der Waals surface area contributed by atoms with Crippen molar-refractivity contribution in [3.63, 3.8) is 0 Å². The molecule has 1 aromatic rings. The lowest BCUT2D eigenvalue weighted by atomic mass is 10.1. The topological polar surface area (TPSA) is 70.2 Å². The van der Waals surface area contributed by atoms with Crippen LogP contribution in [-0.2, 0) is 4.79 Å². The summed E-state index contributed by atoms with van der Waals surface area (Å²) < 4.78 is 0. The van der Waals surface area contributed by atoms with Gasteiger partial charge in [0.15, 0.2) is 5.11 Å². The molecule has 0 radical (unpaired) electrons. The number of hydrogen-bond donors (Lipinski definition) is 3. The highest BCUT2D eigenvalue weighted by Gasteiger charge is 2.08. The molecule has 0 saturated heterocycles. The first-order valence-electron chi connectivity index (χ1n) is 5.94.